The number of hydrogen-bond acceptors (Lipinski definition) is 1. The Balaban J connectivity index is 3.18. The van der Waals surface area contributed by atoms with Gasteiger partial charge in [0.15, 0.2) is 0 Å². The molecule has 0 aliphatic rings. The van der Waals surface area contributed by atoms with Crippen LogP contribution in [0.15, 0.2) is 18.2 Å². The van der Waals surface area contributed by atoms with Crippen molar-refractivity contribution in [3.8, 4) is 0 Å². The Kier molecular flexibility index (Phi) is 6.75. The molecule has 114 valence electrons. The van der Waals surface area contributed by atoms with Crippen LogP contribution in [0.2, 0.25) is 0 Å². The highest BCUT2D eigenvalue weighted by Crippen LogP contribution is 2.31. The molecule has 1 nitrogen and oxygen atoms in total. The summed E-state index contributed by atoms with van der Waals surface area (Å²) in [5.74, 6) is 1.89. The molecule has 0 heterocycles. The molecule has 1 rings (SSSR count). The van der Waals surface area contributed by atoms with Gasteiger partial charge in [-0.3, -0.25) is 0 Å². The summed E-state index contributed by atoms with van der Waals surface area (Å²) in [6.07, 6.45) is 1.20. The predicted molar refractivity (Wildman–Crippen MR) is 90.5 cm³/mol. The first-order valence-corrected chi connectivity index (χ1v) is 8.23. The van der Waals surface area contributed by atoms with Crippen molar-refractivity contribution in [3.05, 3.63) is 34.9 Å². The van der Waals surface area contributed by atoms with Crippen LogP contribution in [0.4, 0.5) is 0 Å². The van der Waals surface area contributed by atoms with Crippen LogP contribution in [0.1, 0.15) is 89.5 Å². The molecule has 1 N–H and O–H groups in total. The molecule has 0 saturated heterocycles. The average Bonchev–Trinajstić information content (AvgIpc) is 2.36. The van der Waals surface area contributed by atoms with Crippen molar-refractivity contribution in [1.82, 2.24) is 5.32 Å². The molecule has 1 atom stereocenters. The number of hydrogen-bond donors (Lipinski definition) is 1. The molecule has 0 radical (unpaired) electrons. The van der Waals surface area contributed by atoms with Crippen molar-refractivity contribution < 1.29 is 0 Å². The van der Waals surface area contributed by atoms with Gasteiger partial charge in [-0.1, -0.05) is 66.7 Å². The lowest BCUT2D eigenvalue weighted by Crippen LogP contribution is -2.24. The van der Waals surface area contributed by atoms with E-state index in [2.05, 4.69) is 72.0 Å². The van der Waals surface area contributed by atoms with E-state index in [1.54, 1.807) is 0 Å². The monoisotopic (exact) mass is 275 g/mol. The van der Waals surface area contributed by atoms with Gasteiger partial charge < -0.3 is 5.32 Å². The van der Waals surface area contributed by atoms with E-state index in [4.69, 9.17) is 0 Å². The maximum atomic E-state index is 3.67. The lowest BCUT2D eigenvalue weighted by Gasteiger charge is -2.25. The summed E-state index contributed by atoms with van der Waals surface area (Å²) in [6, 6.07) is 7.59. The zero-order valence-corrected chi connectivity index (χ0v) is 14.5. The standard InChI is InChI=1S/C19H33N/c1-8-20-19(11-13(2)3)17-10-9-16(14(4)5)12-18(17)15(6)7/h9-10,12-15,19-20H,8,11H2,1-7H3. The topological polar surface area (TPSA) is 12.0 Å². The lowest BCUT2D eigenvalue weighted by molar-refractivity contribution is 0.435. The smallest absolute Gasteiger partial charge is 0.0325 e. The molecule has 0 aliphatic carbocycles. The molecule has 0 spiro atoms. The number of benzene rings is 1. The maximum absolute atomic E-state index is 3.67. The molecule has 1 unspecified atom stereocenters. The Bertz CT molecular complexity index is 404. The molecular weight excluding hydrogens is 242 g/mol. The normalized spacial score (nSPS) is 13.5. The fraction of sp³-hybridized carbons (Fsp3) is 0.684. The first-order valence-electron chi connectivity index (χ1n) is 8.23. The van der Waals surface area contributed by atoms with Gasteiger partial charge in [0.2, 0.25) is 0 Å². The largest absolute Gasteiger partial charge is 0.310 e. The maximum Gasteiger partial charge on any atom is 0.0325 e. The zero-order valence-electron chi connectivity index (χ0n) is 14.5. The van der Waals surface area contributed by atoms with Gasteiger partial charge in [-0.15, -0.1) is 0 Å². The molecule has 0 amide bonds. The minimum Gasteiger partial charge on any atom is -0.310 e. The van der Waals surface area contributed by atoms with Gasteiger partial charge in [0.1, 0.15) is 0 Å². The van der Waals surface area contributed by atoms with Crippen molar-refractivity contribution in [1.29, 1.82) is 0 Å². The van der Waals surface area contributed by atoms with Crippen molar-refractivity contribution in [2.45, 2.75) is 72.8 Å². The van der Waals surface area contributed by atoms with Gasteiger partial charge in [0.05, 0.1) is 0 Å². The van der Waals surface area contributed by atoms with Gasteiger partial charge in [-0.05, 0) is 47.4 Å². The fourth-order valence-corrected chi connectivity index (χ4v) is 2.81. The summed E-state index contributed by atoms with van der Waals surface area (Å²) in [4.78, 5) is 0. The highest BCUT2D eigenvalue weighted by atomic mass is 14.9. The molecule has 1 aromatic rings. The van der Waals surface area contributed by atoms with Crippen molar-refractivity contribution >= 4 is 0 Å². The Morgan fingerprint density at radius 1 is 0.900 bits per heavy atom. The molecule has 1 heteroatoms. The van der Waals surface area contributed by atoms with Crippen LogP contribution in [0.5, 0.6) is 0 Å². The molecule has 1 aromatic carbocycles. The van der Waals surface area contributed by atoms with Gasteiger partial charge in [-0.2, -0.15) is 0 Å². The van der Waals surface area contributed by atoms with Gasteiger partial charge in [0, 0.05) is 6.04 Å². The van der Waals surface area contributed by atoms with Crippen molar-refractivity contribution in [2.24, 2.45) is 5.92 Å². The second-order valence-corrected chi connectivity index (χ2v) is 6.94. The highest BCUT2D eigenvalue weighted by Gasteiger charge is 2.18. The summed E-state index contributed by atoms with van der Waals surface area (Å²) < 4.78 is 0. The van der Waals surface area contributed by atoms with Crippen LogP contribution in [0.25, 0.3) is 0 Å². The molecule has 0 bridgehead atoms. The summed E-state index contributed by atoms with van der Waals surface area (Å²) in [7, 11) is 0. The van der Waals surface area contributed by atoms with E-state index in [1.807, 2.05) is 0 Å². The third kappa shape index (κ3) is 4.63. The lowest BCUT2D eigenvalue weighted by atomic mass is 9.86. The van der Waals surface area contributed by atoms with Gasteiger partial charge in [-0.25, -0.2) is 0 Å². The fourth-order valence-electron chi connectivity index (χ4n) is 2.81. The molecule has 0 fully saturated rings. The first-order chi connectivity index (χ1) is 9.36. The summed E-state index contributed by atoms with van der Waals surface area (Å²) in [5.41, 5.74) is 4.47. The summed E-state index contributed by atoms with van der Waals surface area (Å²) in [5, 5.41) is 3.67. The molecule has 0 aliphatic heterocycles. The minimum atomic E-state index is 0.485. The first kappa shape index (κ1) is 17.2. The Hall–Kier alpha value is -0.820. The van der Waals surface area contributed by atoms with E-state index < -0.39 is 0 Å². The Labute approximate surface area is 126 Å². The van der Waals surface area contributed by atoms with Crippen molar-refractivity contribution in [3.63, 3.8) is 0 Å². The van der Waals surface area contributed by atoms with Crippen molar-refractivity contribution in [2.75, 3.05) is 6.54 Å². The van der Waals surface area contributed by atoms with Gasteiger partial charge in [0.25, 0.3) is 0 Å². The second kappa shape index (κ2) is 7.83. The summed E-state index contributed by atoms with van der Waals surface area (Å²) in [6.45, 7) is 17.0. The zero-order chi connectivity index (χ0) is 15.3. The SMILES string of the molecule is CCNC(CC(C)C)c1ccc(C(C)C)cc1C(C)C. The van der Waals surface area contributed by atoms with Crippen LogP contribution in [0.3, 0.4) is 0 Å². The predicted octanol–water partition coefficient (Wildman–Crippen LogP) is 5.63. The van der Waals surface area contributed by atoms with E-state index >= 15 is 0 Å². The van der Waals surface area contributed by atoms with E-state index in [0.717, 1.165) is 6.54 Å². The van der Waals surface area contributed by atoms with E-state index in [0.29, 0.717) is 23.8 Å². The minimum absolute atomic E-state index is 0.485. The number of nitrogens with one attached hydrogen (secondary N) is 1. The molecule has 20 heavy (non-hydrogen) atoms. The van der Waals surface area contributed by atoms with Crippen LogP contribution >= 0.6 is 0 Å². The molecule has 0 saturated carbocycles. The summed E-state index contributed by atoms with van der Waals surface area (Å²) >= 11 is 0. The third-order valence-corrected chi connectivity index (χ3v) is 3.93. The van der Waals surface area contributed by atoms with Crippen LogP contribution in [0, 0.1) is 5.92 Å². The molecule has 0 aromatic heterocycles. The quantitative estimate of drug-likeness (QED) is 0.680. The Morgan fingerprint density at radius 2 is 1.55 bits per heavy atom. The van der Waals surface area contributed by atoms with E-state index in [1.165, 1.54) is 23.1 Å². The highest BCUT2D eigenvalue weighted by molar-refractivity contribution is 5.37. The average molecular weight is 275 g/mol. The van der Waals surface area contributed by atoms with Crippen LogP contribution in [-0.2, 0) is 0 Å². The van der Waals surface area contributed by atoms with Crippen LogP contribution < -0.4 is 5.32 Å². The van der Waals surface area contributed by atoms with E-state index in [-0.39, 0.29) is 0 Å². The van der Waals surface area contributed by atoms with E-state index in [9.17, 15) is 0 Å². The number of rotatable bonds is 7. The van der Waals surface area contributed by atoms with Crippen LogP contribution in [-0.4, -0.2) is 6.54 Å². The Morgan fingerprint density at radius 3 is 2.00 bits per heavy atom. The van der Waals surface area contributed by atoms with Gasteiger partial charge >= 0.3 is 0 Å². The molecular formula is C19H33N. The third-order valence-electron chi connectivity index (χ3n) is 3.93. The second-order valence-electron chi connectivity index (χ2n) is 6.94.